The van der Waals surface area contributed by atoms with Gasteiger partial charge in [0.05, 0.1) is 39.5 Å². The summed E-state index contributed by atoms with van der Waals surface area (Å²) in [6.45, 7) is 0.645. The van der Waals surface area contributed by atoms with Crippen molar-refractivity contribution < 1.29 is 19.0 Å². The van der Waals surface area contributed by atoms with Crippen LogP contribution in [0.15, 0.2) is 31.0 Å². The number of nitrogens with two attached hydrogens (primary N) is 1. The predicted molar refractivity (Wildman–Crippen MR) is 132 cm³/mol. The van der Waals surface area contributed by atoms with E-state index in [4.69, 9.17) is 24.9 Å². The Kier molecular flexibility index (Phi) is 5.96. The average molecular weight is 494 g/mol. The van der Waals surface area contributed by atoms with Crippen LogP contribution in [0, 0.1) is 0 Å². The SMILES string of the molecule is COc1cc(-n2cnc(Nc3nc(N4CCC[C@H]4C(N)=O)nc4c3ncn4C)c2)cc(OC)c1OC. The minimum absolute atomic E-state index is 0.389. The van der Waals surface area contributed by atoms with Crippen LogP contribution >= 0.6 is 0 Å². The Bertz CT molecular complexity index is 1410. The maximum Gasteiger partial charge on any atom is 0.240 e. The van der Waals surface area contributed by atoms with Crippen LogP contribution in [0.25, 0.3) is 16.9 Å². The largest absolute Gasteiger partial charge is 0.493 e. The Labute approximate surface area is 206 Å². The van der Waals surface area contributed by atoms with E-state index in [0.717, 1.165) is 12.1 Å². The molecule has 0 aliphatic carbocycles. The summed E-state index contributed by atoms with van der Waals surface area (Å²) < 4.78 is 19.9. The van der Waals surface area contributed by atoms with Gasteiger partial charge in [0.25, 0.3) is 0 Å². The summed E-state index contributed by atoms with van der Waals surface area (Å²) in [5, 5.41) is 3.25. The number of carbonyl (C=O) groups excluding carboxylic acids is 1. The van der Waals surface area contributed by atoms with E-state index in [1.807, 2.05) is 28.6 Å². The molecule has 1 fully saturated rings. The highest BCUT2D eigenvalue weighted by Crippen LogP contribution is 2.39. The van der Waals surface area contributed by atoms with Gasteiger partial charge in [-0.25, -0.2) is 9.97 Å². The number of fused-ring (bicyclic) bond motifs is 1. The number of rotatable bonds is 8. The molecular weight excluding hydrogens is 466 g/mol. The molecular formula is C23H27N9O4. The number of carbonyl (C=O) groups is 1. The van der Waals surface area contributed by atoms with Crippen molar-refractivity contribution in [3.05, 3.63) is 31.0 Å². The van der Waals surface area contributed by atoms with Gasteiger partial charge >= 0.3 is 0 Å². The molecule has 0 bridgehead atoms. The van der Waals surface area contributed by atoms with Crippen LogP contribution in [-0.4, -0.2) is 68.9 Å². The van der Waals surface area contributed by atoms with Crippen LogP contribution in [0.2, 0.25) is 0 Å². The summed E-state index contributed by atoms with van der Waals surface area (Å²) in [5.74, 6) is 2.60. The summed E-state index contributed by atoms with van der Waals surface area (Å²) in [6, 6.07) is 3.20. The number of primary amides is 1. The topological polar surface area (TPSA) is 147 Å². The molecule has 1 aromatic carbocycles. The van der Waals surface area contributed by atoms with Gasteiger partial charge < -0.3 is 39.3 Å². The second-order valence-corrected chi connectivity index (χ2v) is 8.33. The number of nitrogens with one attached hydrogen (secondary N) is 1. The van der Waals surface area contributed by atoms with Crippen molar-refractivity contribution in [3.8, 4) is 22.9 Å². The number of ether oxygens (including phenoxy) is 3. The lowest BCUT2D eigenvalue weighted by Crippen LogP contribution is -2.41. The number of imidazole rings is 2. The molecule has 5 rings (SSSR count). The Hall–Kier alpha value is -4.55. The van der Waals surface area contributed by atoms with Gasteiger partial charge in [-0.1, -0.05) is 0 Å². The van der Waals surface area contributed by atoms with Crippen molar-refractivity contribution in [1.29, 1.82) is 0 Å². The fraction of sp³-hybridized carbons (Fsp3) is 0.348. The van der Waals surface area contributed by atoms with Crippen molar-refractivity contribution in [1.82, 2.24) is 29.1 Å². The van der Waals surface area contributed by atoms with Crippen molar-refractivity contribution in [3.63, 3.8) is 0 Å². The number of hydrogen-bond acceptors (Lipinski definition) is 10. The van der Waals surface area contributed by atoms with Gasteiger partial charge in [0.15, 0.2) is 28.5 Å². The molecule has 0 radical (unpaired) electrons. The van der Waals surface area contributed by atoms with Gasteiger partial charge in [0.2, 0.25) is 17.6 Å². The van der Waals surface area contributed by atoms with Gasteiger partial charge in [0.1, 0.15) is 18.2 Å². The summed E-state index contributed by atoms with van der Waals surface area (Å²) in [6.07, 6.45) is 6.63. The molecule has 1 aliphatic heterocycles. The molecule has 188 valence electrons. The van der Waals surface area contributed by atoms with Crippen molar-refractivity contribution in [2.75, 3.05) is 38.1 Å². The number of nitrogens with zero attached hydrogens (tertiary/aromatic N) is 7. The van der Waals surface area contributed by atoms with Crippen molar-refractivity contribution in [2.45, 2.75) is 18.9 Å². The Morgan fingerprint density at radius 1 is 1.08 bits per heavy atom. The molecule has 1 aliphatic rings. The van der Waals surface area contributed by atoms with Crippen LogP contribution < -0.4 is 30.2 Å². The van der Waals surface area contributed by atoms with Gasteiger partial charge in [-0.3, -0.25) is 4.79 Å². The quantitative estimate of drug-likeness (QED) is 0.372. The molecule has 3 N–H and O–H groups in total. The van der Waals surface area contributed by atoms with E-state index >= 15 is 0 Å². The molecule has 36 heavy (non-hydrogen) atoms. The highest BCUT2D eigenvalue weighted by molar-refractivity contribution is 5.88. The molecule has 3 aromatic heterocycles. The van der Waals surface area contributed by atoms with Crippen LogP contribution in [-0.2, 0) is 11.8 Å². The average Bonchev–Trinajstić information content (AvgIpc) is 3.63. The van der Waals surface area contributed by atoms with E-state index in [1.165, 1.54) is 0 Å². The van der Waals surface area contributed by atoms with E-state index in [0.29, 0.717) is 59.0 Å². The predicted octanol–water partition coefficient (Wildman–Crippen LogP) is 1.77. The first-order valence-corrected chi connectivity index (χ1v) is 11.3. The number of aryl methyl sites for hydroxylation is 1. The zero-order valence-corrected chi connectivity index (χ0v) is 20.4. The second kappa shape index (κ2) is 9.24. The Balaban J connectivity index is 1.51. The first kappa shape index (κ1) is 23.2. The Morgan fingerprint density at radius 3 is 2.50 bits per heavy atom. The van der Waals surface area contributed by atoms with Crippen molar-refractivity contribution >= 4 is 34.7 Å². The van der Waals surface area contributed by atoms with Crippen molar-refractivity contribution in [2.24, 2.45) is 12.8 Å². The number of methoxy groups -OCH3 is 3. The molecule has 1 amide bonds. The first-order chi connectivity index (χ1) is 17.4. The number of anilines is 3. The zero-order valence-electron chi connectivity index (χ0n) is 20.4. The third kappa shape index (κ3) is 3.97. The standard InChI is InChI=1S/C23H27N9O4/c1-30-11-26-18-21(28-23(29-22(18)30)32-7-5-6-14(32)20(24)33)27-17-10-31(12-25-17)13-8-15(34-2)19(36-4)16(9-13)35-3/h8-12,14H,5-7H2,1-4H3,(H2,24,33)(H,27,28,29)/t14-/m0/s1. The molecule has 0 spiro atoms. The van der Waals surface area contributed by atoms with Crippen LogP contribution in [0.5, 0.6) is 17.2 Å². The van der Waals surface area contributed by atoms with Gasteiger partial charge in [-0.05, 0) is 12.8 Å². The molecule has 4 aromatic rings. The summed E-state index contributed by atoms with van der Waals surface area (Å²) in [5.41, 5.74) is 7.59. The van der Waals surface area contributed by atoms with E-state index < -0.39 is 6.04 Å². The van der Waals surface area contributed by atoms with Gasteiger partial charge in [0, 0.05) is 25.7 Å². The molecule has 13 nitrogen and oxygen atoms in total. The van der Waals surface area contributed by atoms with E-state index in [2.05, 4.69) is 20.3 Å². The molecule has 0 saturated carbocycles. The lowest BCUT2D eigenvalue weighted by atomic mass is 10.2. The number of aromatic nitrogens is 6. The van der Waals surface area contributed by atoms with E-state index in [1.54, 1.807) is 44.7 Å². The molecule has 13 heteroatoms. The first-order valence-electron chi connectivity index (χ1n) is 11.3. The highest BCUT2D eigenvalue weighted by atomic mass is 16.5. The zero-order chi connectivity index (χ0) is 25.4. The minimum Gasteiger partial charge on any atom is -0.493 e. The fourth-order valence-electron chi connectivity index (χ4n) is 4.38. The third-order valence-corrected chi connectivity index (χ3v) is 6.16. The molecule has 0 unspecified atom stereocenters. The second-order valence-electron chi connectivity index (χ2n) is 8.33. The molecule has 4 heterocycles. The monoisotopic (exact) mass is 493 g/mol. The van der Waals surface area contributed by atoms with E-state index in [-0.39, 0.29) is 5.91 Å². The highest BCUT2D eigenvalue weighted by Gasteiger charge is 2.32. The van der Waals surface area contributed by atoms with Gasteiger partial charge in [-0.2, -0.15) is 9.97 Å². The summed E-state index contributed by atoms with van der Waals surface area (Å²) in [7, 11) is 6.54. The minimum atomic E-state index is -0.442. The van der Waals surface area contributed by atoms with Crippen LogP contribution in [0.1, 0.15) is 12.8 Å². The van der Waals surface area contributed by atoms with Crippen LogP contribution in [0.4, 0.5) is 17.6 Å². The third-order valence-electron chi connectivity index (χ3n) is 6.16. The lowest BCUT2D eigenvalue weighted by molar-refractivity contribution is -0.119. The maximum absolute atomic E-state index is 12.0. The van der Waals surface area contributed by atoms with E-state index in [9.17, 15) is 4.79 Å². The van der Waals surface area contributed by atoms with Crippen LogP contribution in [0.3, 0.4) is 0 Å². The number of benzene rings is 1. The Morgan fingerprint density at radius 2 is 1.83 bits per heavy atom. The smallest absolute Gasteiger partial charge is 0.240 e. The summed E-state index contributed by atoms with van der Waals surface area (Å²) in [4.78, 5) is 32.1. The van der Waals surface area contributed by atoms with Gasteiger partial charge in [-0.15, -0.1) is 0 Å². The lowest BCUT2D eigenvalue weighted by Gasteiger charge is -2.22. The molecule has 1 atom stereocenters. The summed E-state index contributed by atoms with van der Waals surface area (Å²) >= 11 is 0. The molecule has 1 saturated heterocycles. The maximum atomic E-state index is 12.0. The number of amides is 1. The number of hydrogen-bond donors (Lipinski definition) is 2. The normalized spacial score (nSPS) is 15.3. The fourth-order valence-corrected chi connectivity index (χ4v) is 4.38.